The van der Waals surface area contributed by atoms with Gasteiger partial charge in [0.1, 0.15) is 0 Å². The lowest BCUT2D eigenvalue weighted by Gasteiger charge is -2.13. The van der Waals surface area contributed by atoms with Gasteiger partial charge in [-0.2, -0.15) is 13.2 Å². The highest BCUT2D eigenvalue weighted by molar-refractivity contribution is 9.10. The molecule has 0 saturated carbocycles. The maximum absolute atomic E-state index is 12.9. The highest BCUT2D eigenvalue weighted by Crippen LogP contribution is 2.34. The van der Waals surface area contributed by atoms with Crippen LogP contribution in [0.5, 0.6) is 0 Å². The molecule has 0 radical (unpaired) electrons. The van der Waals surface area contributed by atoms with Crippen molar-refractivity contribution in [1.29, 1.82) is 0 Å². The highest BCUT2D eigenvalue weighted by atomic mass is 79.9. The summed E-state index contributed by atoms with van der Waals surface area (Å²) < 4.78 is 64.2. The maximum atomic E-state index is 12.9. The Kier molecular flexibility index (Phi) is 5.52. The Labute approximate surface area is 141 Å². The Balaban J connectivity index is 2.14. The van der Waals surface area contributed by atoms with Crippen LogP contribution in [0.15, 0.2) is 57.9 Å². The van der Waals surface area contributed by atoms with E-state index in [1.165, 1.54) is 12.1 Å². The van der Waals surface area contributed by atoms with Crippen LogP contribution in [0.3, 0.4) is 0 Å². The third-order valence-electron chi connectivity index (χ3n) is 3.30. The first-order chi connectivity index (χ1) is 10.7. The minimum absolute atomic E-state index is 0.255. The Bertz CT molecular complexity index is 786. The lowest BCUT2D eigenvalue weighted by atomic mass is 10.1. The molecule has 0 aliphatic rings. The number of halogens is 4. The molecule has 2 nitrogen and oxygen atoms in total. The van der Waals surface area contributed by atoms with Crippen molar-refractivity contribution in [2.24, 2.45) is 0 Å². The van der Waals surface area contributed by atoms with Crippen LogP contribution in [0.2, 0.25) is 0 Å². The van der Waals surface area contributed by atoms with Crippen molar-refractivity contribution in [3.8, 4) is 0 Å². The molecule has 0 heterocycles. The summed E-state index contributed by atoms with van der Waals surface area (Å²) in [6.45, 7) is 0. The van der Waals surface area contributed by atoms with Gasteiger partial charge in [0.05, 0.1) is 16.2 Å². The fraction of sp³-hybridized carbons (Fsp3) is 0.250. The quantitative estimate of drug-likeness (QED) is 0.709. The van der Waals surface area contributed by atoms with E-state index >= 15 is 0 Å². The van der Waals surface area contributed by atoms with Crippen LogP contribution in [-0.2, 0) is 22.4 Å². The van der Waals surface area contributed by atoms with Crippen LogP contribution in [0.1, 0.15) is 17.5 Å². The summed E-state index contributed by atoms with van der Waals surface area (Å²) in [5.41, 5.74) is -0.180. The van der Waals surface area contributed by atoms with Gasteiger partial charge in [0.25, 0.3) is 0 Å². The summed E-state index contributed by atoms with van der Waals surface area (Å²) in [4.78, 5) is -0.651. The van der Waals surface area contributed by atoms with Gasteiger partial charge in [-0.05, 0) is 42.7 Å². The third kappa shape index (κ3) is 4.81. The normalized spacial score (nSPS) is 12.3. The van der Waals surface area contributed by atoms with Crippen molar-refractivity contribution in [3.63, 3.8) is 0 Å². The summed E-state index contributed by atoms with van der Waals surface area (Å²) in [5, 5.41) is 0. The van der Waals surface area contributed by atoms with Crippen molar-refractivity contribution in [2.75, 3.05) is 5.75 Å². The number of hydrogen-bond acceptors (Lipinski definition) is 2. The molecule has 0 amide bonds. The van der Waals surface area contributed by atoms with E-state index in [2.05, 4.69) is 15.9 Å². The van der Waals surface area contributed by atoms with Crippen molar-refractivity contribution < 1.29 is 21.6 Å². The van der Waals surface area contributed by atoms with E-state index in [1.54, 1.807) is 0 Å². The molecule has 2 aromatic carbocycles. The Morgan fingerprint density at radius 3 is 2.35 bits per heavy atom. The molecule has 0 atom stereocenters. The van der Waals surface area contributed by atoms with Gasteiger partial charge in [-0.25, -0.2) is 8.42 Å². The largest absolute Gasteiger partial charge is 0.417 e. The van der Waals surface area contributed by atoms with Gasteiger partial charge in [0.2, 0.25) is 0 Å². The zero-order valence-electron chi connectivity index (χ0n) is 12.0. The first kappa shape index (κ1) is 18.0. The fourth-order valence-corrected chi connectivity index (χ4v) is 4.24. The molecule has 0 fully saturated rings. The average Bonchev–Trinajstić information content (AvgIpc) is 2.46. The van der Waals surface area contributed by atoms with Crippen LogP contribution >= 0.6 is 15.9 Å². The zero-order valence-corrected chi connectivity index (χ0v) is 14.4. The van der Waals surface area contributed by atoms with Gasteiger partial charge < -0.3 is 0 Å². The smallest absolute Gasteiger partial charge is 0.224 e. The van der Waals surface area contributed by atoms with Crippen molar-refractivity contribution in [2.45, 2.75) is 23.9 Å². The first-order valence-corrected chi connectivity index (χ1v) is 9.28. The second kappa shape index (κ2) is 7.05. The fourth-order valence-electron chi connectivity index (χ4n) is 2.24. The highest BCUT2D eigenvalue weighted by Gasteiger charge is 2.36. The number of hydrogen-bond donors (Lipinski definition) is 0. The van der Waals surface area contributed by atoms with E-state index in [4.69, 9.17) is 0 Å². The number of sulfone groups is 1. The van der Waals surface area contributed by atoms with Crippen LogP contribution in [0, 0.1) is 0 Å². The van der Waals surface area contributed by atoms with Crippen LogP contribution in [0.4, 0.5) is 13.2 Å². The van der Waals surface area contributed by atoms with E-state index in [9.17, 15) is 21.6 Å². The van der Waals surface area contributed by atoms with Crippen molar-refractivity contribution in [3.05, 3.63) is 64.1 Å². The topological polar surface area (TPSA) is 34.1 Å². The van der Waals surface area contributed by atoms with E-state index in [0.29, 0.717) is 6.42 Å². The predicted molar refractivity (Wildman–Crippen MR) is 86.0 cm³/mol. The number of alkyl halides is 3. The minimum Gasteiger partial charge on any atom is -0.224 e. The molecule has 124 valence electrons. The lowest BCUT2D eigenvalue weighted by molar-refractivity contribution is -0.139. The molecule has 23 heavy (non-hydrogen) atoms. The molecular formula is C16H14BrF3O2S. The SMILES string of the molecule is O=S(=O)(CCCc1cccc(Br)c1)c1ccccc1C(F)(F)F. The molecule has 0 unspecified atom stereocenters. The molecule has 0 aromatic heterocycles. The van der Waals surface area contributed by atoms with Crippen molar-refractivity contribution >= 4 is 25.8 Å². The van der Waals surface area contributed by atoms with Gasteiger partial charge in [0.15, 0.2) is 9.84 Å². The van der Waals surface area contributed by atoms with Gasteiger partial charge in [-0.3, -0.25) is 0 Å². The Morgan fingerprint density at radius 1 is 1.00 bits per heavy atom. The van der Waals surface area contributed by atoms with Crippen LogP contribution in [-0.4, -0.2) is 14.2 Å². The first-order valence-electron chi connectivity index (χ1n) is 6.83. The molecule has 0 N–H and O–H groups in total. The third-order valence-corrected chi connectivity index (χ3v) is 5.64. The standard InChI is InChI=1S/C16H14BrF3O2S/c17-13-7-3-5-12(11-13)6-4-10-23(21,22)15-9-2-1-8-14(15)16(18,19)20/h1-3,5,7-9,11H,4,6,10H2. The van der Waals surface area contributed by atoms with Gasteiger partial charge in [0, 0.05) is 4.47 Å². The van der Waals surface area contributed by atoms with Gasteiger partial charge >= 0.3 is 6.18 Å². The molecule has 0 aliphatic heterocycles. The monoisotopic (exact) mass is 406 g/mol. The summed E-state index contributed by atoms with van der Waals surface area (Å²) in [6.07, 6.45) is -3.95. The van der Waals surface area contributed by atoms with E-state index in [0.717, 1.165) is 22.2 Å². The Hall–Kier alpha value is -1.34. The second-order valence-corrected chi connectivity index (χ2v) is 8.04. The molecule has 2 rings (SSSR count). The summed E-state index contributed by atoms with van der Waals surface area (Å²) >= 11 is 3.32. The summed E-state index contributed by atoms with van der Waals surface area (Å²) in [5.74, 6) is -0.327. The molecule has 0 bridgehead atoms. The van der Waals surface area contributed by atoms with E-state index in [-0.39, 0.29) is 12.2 Å². The zero-order chi connectivity index (χ0) is 17.1. The van der Waals surface area contributed by atoms with E-state index < -0.39 is 26.5 Å². The molecule has 2 aromatic rings. The lowest BCUT2D eigenvalue weighted by Crippen LogP contribution is -2.15. The van der Waals surface area contributed by atoms with Crippen LogP contribution in [0.25, 0.3) is 0 Å². The molecule has 0 saturated heterocycles. The van der Waals surface area contributed by atoms with Gasteiger partial charge in [-0.15, -0.1) is 0 Å². The molecular weight excluding hydrogens is 393 g/mol. The number of rotatable bonds is 5. The summed E-state index contributed by atoms with van der Waals surface area (Å²) in [7, 11) is -3.99. The maximum Gasteiger partial charge on any atom is 0.417 e. The number of aryl methyl sites for hydroxylation is 1. The second-order valence-electron chi connectivity index (χ2n) is 5.05. The predicted octanol–water partition coefficient (Wildman–Crippen LogP) is 4.87. The summed E-state index contributed by atoms with van der Waals surface area (Å²) in [6, 6.07) is 11.7. The molecule has 0 spiro atoms. The van der Waals surface area contributed by atoms with E-state index in [1.807, 2.05) is 24.3 Å². The van der Waals surface area contributed by atoms with Crippen LogP contribution < -0.4 is 0 Å². The van der Waals surface area contributed by atoms with Crippen molar-refractivity contribution in [1.82, 2.24) is 0 Å². The minimum atomic E-state index is -4.69. The number of benzene rings is 2. The molecule has 0 aliphatic carbocycles. The Morgan fingerprint density at radius 2 is 1.70 bits per heavy atom. The van der Waals surface area contributed by atoms with Gasteiger partial charge in [-0.1, -0.05) is 40.2 Å². The molecule has 7 heteroatoms. The average molecular weight is 407 g/mol.